The molecule has 0 spiro atoms. The summed E-state index contributed by atoms with van der Waals surface area (Å²) in [6.07, 6.45) is 4.88. The molecule has 0 bridgehead atoms. The first-order valence-electron chi connectivity index (χ1n) is 8.85. The van der Waals surface area contributed by atoms with Crippen molar-refractivity contribution in [2.75, 3.05) is 5.32 Å². The number of carbonyl (C=O) groups is 1. The van der Waals surface area contributed by atoms with Crippen molar-refractivity contribution in [3.63, 3.8) is 0 Å². The summed E-state index contributed by atoms with van der Waals surface area (Å²) in [6, 6.07) is 0. The Kier molecular flexibility index (Phi) is 3.77. The molecule has 7 heteroatoms. The molecule has 0 unspecified atom stereocenters. The summed E-state index contributed by atoms with van der Waals surface area (Å²) in [5.41, 5.74) is 2.25. The second-order valence-electron chi connectivity index (χ2n) is 7.44. The van der Waals surface area contributed by atoms with Crippen LogP contribution in [0.5, 0.6) is 0 Å². The summed E-state index contributed by atoms with van der Waals surface area (Å²) in [5.74, 6) is -1.08. The number of nitrogens with one attached hydrogen (secondary N) is 1. The van der Waals surface area contributed by atoms with Gasteiger partial charge >= 0.3 is 6.09 Å². The van der Waals surface area contributed by atoms with Crippen molar-refractivity contribution < 1.29 is 18.3 Å². The number of aromatic nitrogens is 2. The fourth-order valence-corrected chi connectivity index (χ4v) is 3.95. The number of anilines is 1. The van der Waals surface area contributed by atoms with E-state index in [1.54, 1.807) is 4.68 Å². The normalized spacial score (nSPS) is 24.0. The summed E-state index contributed by atoms with van der Waals surface area (Å²) < 4.78 is 32.5. The maximum absolute atomic E-state index is 12.9. The van der Waals surface area contributed by atoms with E-state index in [1.165, 1.54) is 12.8 Å². The second-order valence-corrected chi connectivity index (χ2v) is 7.44. The zero-order valence-corrected chi connectivity index (χ0v) is 13.9. The molecule has 1 aromatic heterocycles. The number of nitrogens with zero attached hydrogens (tertiary/aromatic N) is 2. The van der Waals surface area contributed by atoms with Crippen LogP contribution < -0.4 is 5.32 Å². The summed E-state index contributed by atoms with van der Waals surface area (Å²) in [7, 11) is 1.82. The topological polar surface area (TPSA) is 56.2 Å². The molecule has 0 saturated heterocycles. The summed E-state index contributed by atoms with van der Waals surface area (Å²) in [6.45, 7) is 0. The van der Waals surface area contributed by atoms with Gasteiger partial charge in [-0.25, -0.2) is 13.6 Å². The number of rotatable bonds is 4. The number of hydrogen-bond acceptors (Lipinski definition) is 3. The lowest BCUT2D eigenvalue weighted by Gasteiger charge is -2.33. The SMILES string of the molecule is Cn1nc(C2CCCC2)c(C2CC2)c1NC(=O)OC1CC(F)(F)C1. The Bertz CT molecular complexity index is 641. The number of ether oxygens (including phenoxy) is 1. The molecule has 24 heavy (non-hydrogen) atoms. The Balaban J connectivity index is 1.49. The Hall–Kier alpha value is -1.66. The van der Waals surface area contributed by atoms with Crippen LogP contribution in [0.4, 0.5) is 19.4 Å². The fourth-order valence-electron chi connectivity index (χ4n) is 3.95. The fraction of sp³-hybridized carbons (Fsp3) is 0.765. The monoisotopic (exact) mass is 339 g/mol. The number of hydrogen-bond donors (Lipinski definition) is 1. The van der Waals surface area contributed by atoms with Gasteiger partial charge in [-0.15, -0.1) is 0 Å². The molecule has 0 atom stereocenters. The van der Waals surface area contributed by atoms with E-state index in [1.807, 2.05) is 7.05 Å². The van der Waals surface area contributed by atoms with Crippen molar-refractivity contribution >= 4 is 11.9 Å². The number of halogens is 2. The van der Waals surface area contributed by atoms with E-state index in [-0.39, 0.29) is 12.8 Å². The maximum atomic E-state index is 12.9. The molecule has 0 aromatic carbocycles. The van der Waals surface area contributed by atoms with Gasteiger partial charge in [0, 0.05) is 31.4 Å². The van der Waals surface area contributed by atoms with Crippen LogP contribution in [-0.4, -0.2) is 27.9 Å². The number of aryl methyl sites for hydroxylation is 1. The van der Waals surface area contributed by atoms with E-state index in [4.69, 9.17) is 4.74 Å². The smallest absolute Gasteiger partial charge is 0.413 e. The van der Waals surface area contributed by atoms with Crippen LogP contribution in [0.1, 0.15) is 74.5 Å². The Labute approximate surface area is 139 Å². The molecule has 1 amide bonds. The van der Waals surface area contributed by atoms with Crippen LogP contribution in [0, 0.1) is 0 Å². The molecule has 3 saturated carbocycles. The largest absolute Gasteiger partial charge is 0.445 e. The molecule has 1 heterocycles. The minimum Gasteiger partial charge on any atom is -0.445 e. The van der Waals surface area contributed by atoms with Crippen LogP contribution in [0.25, 0.3) is 0 Å². The van der Waals surface area contributed by atoms with E-state index in [2.05, 4.69) is 10.4 Å². The third-order valence-corrected chi connectivity index (χ3v) is 5.39. The molecule has 3 aliphatic carbocycles. The van der Waals surface area contributed by atoms with E-state index >= 15 is 0 Å². The molecule has 1 aromatic rings. The standard InChI is InChI=1S/C17H23F2N3O2/c1-22-15(20-16(23)24-12-8-17(18,19)9-12)13(10-6-7-10)14(21-22)11-4-2-3-5-11/h10-12H,2-9H2,1H3,(H,20,23). The Morgan fingerprint density at radius 1 is 1.21 bits per heavy atom. The van der Waals surface area contributed by atoms with Crippen LogP contribution in [0.15, 0.2) is 0 Å². The lowest BCUT2D eigenvalue weighted by atomic mass is 9.91. The van der Waals surface area contributed by atoms with Gasteiger partial charge in [0.2, 0.25) is 0 Å². The van der Waals surface area contributed by atoms with Gasteiger partial charge in [0.15, 0.2) is 0 Å². The minimum atomic E-state index is -2.69. The van der Waals surface area contributed by atoms with Gasteiger partial charge in [0.05, 0.1) is 5.69 Å². The Morgan fingerprint density at radius 3 is 2.46 bits per heavy atom. The first kappa shape index (κ1) is 15.8. The first-order chi connectivity index (χ1) is 11.4. The molecule has 132 valence electrons. The van der Waals surface area contributed by atoms with Gasteiger partial charge in [0.1, 0.15) is 11.9 Å². The van der Waals surface area contributed by atoms with Crippen LogP contribution in [0.3, 0.4) is 0 Å². The molecule has 3 aliphatic rings. The van der Waals surface area contributed by atoms with E-state index in [0.717, 1.165) is 36.9 Å². The Morgan fingerprint density at radius 2 is 1.88 bits per heavy atom. The highest BCUT2D eigenvalue weighted by Gasteiger charge is 2.48. The average Bonchev–Trinajstić information content (AvgIpc) is 3.06. The summed E-state index contributed by atoms with van der Waals surface area (Å²) in [4.78, 5) is 12.1. The number of carbonyl (C=O) groups excluding carboxylic acids is 1. The van der Waals surface area contributed by atoms with Crippen molar-refractivity contribution in [1.29, 1.82) is 0 Å². The molecule has 1 N–H and O–H groups in total. The molecule has 4 rings (SSSR count). The summed E-state index contributed by atoms with van der Waals surface area (Å²) in [5, 5.41) is 7.43. The van der Waals surface area contributed by atoms with Gasteiger partial charge in [-0.2, -0.15) is 5.10 Å². The second kappa shape index (κ2) is 5.70. The van der Waals surface area contributed by atoms with Gasteiger partial charge in [-0.3, -0.25) is 10.00 Å². The maximum Gasteiger partial charge on any atom is 0.413 e. The van der Waals surface area contributed by atoms with Gasteiger partial charge in [-0.1, -0.05) is 12.8 Å². The third kappa shape index (κ3) is 3.00. The summed E-state index contributed by atoms with van der Waals surface area (Å²) >= 11 is 0. The van der Waals surface area contributed by atoms with Crippen molar-refractivity contribution in [1.82, 2.24) is 9.78 Å². The van der Waals surface area contributed by atoms with E-state index in [9.17, 15) is 13.6 Å². The lowest BCUT2D eigenvalue weighted by Crippen LogP contribution is -2.43. The van der Waals surface area contributed by atoms with Gasteiger partial charge in [0.25, 0.3) is 5.92 Å². The number of amides is 1. The predicted octanol–water partition coefficient (Wildman–Crippen LogP) is 4.30. The molecular weight excluding hydrogens is 316 g/mol. The highest BCUT2D eigenvalue weighted by Crippen LogP contribution is 2.49. The van der Waals surface area contributed by atoms with Crippen molar-refractivity contribution in [3.8, 4) is 0 Å². The van der Waals surface area contributed by atoms with Crippen LogP contribution in [0.2, 0.25) is 0 Å². The van der Waals surface area contributed by atoms with Crippen molar-refractivity contribution in [3.05, 3.63) is 11.3 Å². The quantitative estimate of drug-likeness (QED) is 0.890. The third-order valence-electron chi connectivity index (χ3n) is 5.39. The van der Waals surface area contributed by atoms with Crippen LogP contribution >= 0.6 is 0 Å². The van der Waals surface area contributed by atoms with E-state index < -0.39 is 18.1 Å². The highest BCUT2D eigenvalue weighted by atomic mass is 19.3. The molecule has 0 radical (unpaired) electrons. The lowest BCUT2D eigenvalue weighted by molar-refractivity contribution is -0.142. The predicted molar refractivity (Wildman–Crippen MR) is 84.5 cm³/mol. The zero-order valence-electron chi connectivity index (χ0n) is 13.9. The van der Waals surface area contributed by atoms with Gasteiger partial charge in [-0.05, 0) is 31.6 Å². The zero-order chi connectivity index (χ0) is 16.9. The molecular formula is C17H23F2N3O2. The minimum absolute atomic E-state index is 0.380. The van der Waals surface area contributed by atoms with Crippen LogP contribution in [-0.2, 0) is 11.8 Å². The first-order valence-corrected chi connectivity index (χ1v) is 8.85. The number of alkyl halides is 2. The van der Waals surface area contributed by atoms with Crippen molar-refractivity contribution in [2.45, 2.75) is 75.2 Å². The molecule has 5 nitrogen and oxygen atoms in total. The highest BCUT2D eigenvalue weighted by molar-refractivity contribution is 5.85. The van der Waals surface area contributed by atoms with Crippen molar-refractivity contribution in [2.24, 2.45) is 7.05 Å². The van der Waals surface area contributed by atoms with E-state index in [0.29, 0.717) is 17.7 Å². The molecule has 3 fully saturated rings. The average molecular weight is 339 g/mol. The molecule has 0 aliphatic heterocycles. The van der Waals surface area contributed by atoms with Gasteiger partial charge < -0.3 is 4.74 Å².